The first-order valence-electron chi connectivity index (χ1n) is 8.22. The lowest BCUT2D eigenvalue weighted by Gasteiger charge is -2.08. The van der Waals surface area contributed by atoms with Crippen molar-refractivity contribution in [2.45, 2.75) is 13.3 Å². The molecule has 0 bridgehead atoms. The van der Waals surface area contributed by atoms with Gasteiger partial charge in [-0.05, 0) is 47.1 Å². The maximum atomic E-state index is 12.0. The molecule has 0 fully saturated rings. The third-order valence-electron chi connectivity index (χ3n) is 3.45. The lowest BCUT2D eigenvalue weighted by Crippen LogP contribution is -2.33. The van der Waals surface area contributed by atoms with Crippen molar-refractivity contribution in [1.29, 1.82) is 0 Å². The van der Waals surface area contributed by atoms with Gasteiger partial charge in [-0.15, -0.1) is 0 Å². The second kappa shape index (κ2) is 10.2. The Balaban J connectivity index is 1.85. The Labute approximate surface area is 170 Å². The first kappa shape index (κ1) is 21.1. The maximum absolute atomic E-state index is 12.0. The van der Waals surface area contributed by atoms with Crippen LogP contribution in [0, 0.1) is 0 Å². The summed E-state index contributed by atoms with van der Waals surface area (Å²) in [5, 5.41) is 8.94. The number of carbonyl (C=O) groups excluding carboxylic acids is 3. The molecule has 2 rings (SSSR count). The van der Waals surface area contributed by atoms with Crippen molar-refractivity contribution < 1.29 is 19.1 Å². The molecule has 146 valence electrons. The van der Waals surface area contributed by atoms with E-state index >= 15 is 0 Å². The summed E-state index contributed by atoms with van der Waals surface area (Å²) < 4.78 is 5.80. The molecular formula is C19H19BrN4O4. The predicted octanol–water partition coefficient (Wildman–Crippen LogP) is 2.92. The molecule has 0 spiro atoms. The van der Waals surface area contributed by atoms with Gasteiger partial charge in [-0.25, -0.2) is 5.43 Å². The molecule has 28 heavy (non-hydrogen) atoms. The average Bonchev–Trinajstić information content (AvgIpc) is 2.68. The number of carbonyl (C=O) groups is 3. The van der Waals surface area contributed by atoms with E-state index in [9.17, 15) is 14.4 Å². The molecule has 0 aliphatic heterocycles. The highest BCUT2D eigenvalue weighted by Crippen LogP contribution is 2.21. The lowest BCUT2D eigenvalue weighted by molar-refractivity contribution is -0.136. The second-order valence-corrected chi connectivity index (χ2v) is 6.53. The van der Waals surface area contributed by atoms with Crippen LogP contribution in [0.3, 0.4) is 0 Å². The van der Waals surface area contributed by atoms with Crippen LogP contribution in [0.25, 0.3) is 0 Å². The predicted molar refractivity (Wildman–Crippen MR) is 110 cm³/mol. The van der Waals surface area contributed by atoms with Gasteiger partial charge in [0.25, 0.3) is 0 Å². The number of rotatable bonds is 6. The molecule has 8 nitrogen and oxygen atoms in total. The van der Waals surface area contributed by atoms with Crippen LogP contribution in [0.2, 0.25) is 0 Å². The van der Waals surface area contributed by atoms with Crippen LogP contribution in [0.4, 0.5) is 11.4 Å². The minimum absolute atomic E-state index is 0.0425. The number of nitrogens with one attached hydrogen (secondary N) is 3. The van der Waals surface area contributed by atoms with E-state index in [4.69, 9.17) is 4.74 Å². The maximum Gasteiger partial charge on any atom is 0.329 e. The van der Waals surface area contributed by atoms with Gasteiger partial charge in [0.15, 0.2) is 0 Å². The van der Waals surface area contributed by atoms with Gasteiger partial charge in [0.1, 0.15) is 5.75 Å². The molecule has 0 heterocycles. The largest absolute Gasteiger partial charge is 0.497 e. The molecule has 0 atom stereocenters. The molecule has 2 aromatic carbocycles. The SMILES string of the molecule is COc1cccc(NC(=O)C(=O)N/N=C(/C)CC(=O)Nc2ccccc2Br)c1. The van der Waals surface area contributed by atoms with E-state index in [2.05, 4.69) is 37.1 Å². The number of hydrogen-bond donors (Lipinski definition) is 3. The number of amides is 3. The summed E-state index contributed by atoms with van der Waals surface area (Å²) in [7, 11) is 1.50. The highest BCUT2D eigenvalue weighted by molar-refractivity contribution is 9.10. The van der Waals surface area contributed by atoms with Gasteiger partial charge in [-0.2, -0.15) is 5.10 Å². The van der Waals surface area contributed by atoms with Gasteiger partial charge in [-0.3, -0.25) is 14.4 Å². The molecule has 0 radical (unpaired) electrons. The van der Waals surface area contributed by atoms with Crippen molar-refractivity contribution in [2.75, 3.05) is 17.7 Å². The summed E-state index contributed by atoms with van der Waals surface area (Å²) in [6, 6.07) is 13.8. The Bertz CT molecular complexity index is 914. The van der Waals surface area contributed by atoms with Crippen molar-refractivity contribution in [1.82, 2.24) is 5.43 Å². The van der Waals surface area contributed by atoms with Crippen molar-refractivity contribution in [3.8, 4) is 5.75 Å². The number of methoxy groups -OCH3 is 1. The van der Waals surface area contributed by atoms with E-state index in [-0.39, 0.29) is 12.3 Å². The summed E-state index contributed by atoms with van der Waals surface area (Å²) in [6.45, 7) is 1.57. The lowest BCUT2D eigenvalue weighted by atomic mass is 10.2. The minimum Gasteiger partial charge on any atom is -0.497 e. The zero-order valence-corrected chi connectivity index (χ0v) is 16.9. The molecule has 0 unspecified atom stereocenters. The fourth-order valence-electron chi connectivity index (χ4n) is 2.11. The van der Waals surface area contributed by atoms with Gasteiger partial charge in [0.2, 0.25) is 5.91 Å². The number of nitrogens with zero attached hydrogens (tertiary/aromatic N) is 1. The Kier molecular flexibility index (Phi) is 7.70. The van der Waals surface area contributed by atoms with Crippen LogP contribution in [0.15, 0.2) is 58.1 Å². The number of benzene rings is 2. The summed E-state index contributed by atoms with van der Waals surface area (Å²) in [5.74, 6) is -1.60. The Morgan fingerprint density at radius 3 is 2.50 bits per heavy atom. The second-order valence-electron chi connectivity index (χ2n) is 5.68. The van der Waals surface area contributed by atoms with E-state index in [0.29, 0.717) is 22.8 Å². The molecule has 0 aliphatic rings. The monoisotopic (exact) mass is 446 g/mol. The smallest absolute Gasteiger partial charge is 0.329 e. The molecule has 0 saturated carbocycles. The van der Waals surface area contributed by atoms with E-state index in [0.717, 1.165) is 4.47 Å². The Morgan fingerprint density at radius 2 is 1.79 bits per heavy atom. The van der Waals surface area contributed by atoms with Crippen LogP contribution < -0.4 is 20.8 Å². The quantitative estimate of drug-likeness (QED) is 0.360. The zero-order valence-electron chi connectivity index (χ0n) is 15.3. The summed E-state index contributed by atoms with van der Waals surface area (Å²) >= 11 is 3.34. The molecule has 0 saturated heterocycles. The standard InChI is InChI=1S/C19H19BrN4O4/c1-12(10-17(25)22-16-9-4-3-8-15(16)20)23-24-19(27)18(26)21-13-6-5-7-14(11-13)28-2/h3-9,11H,10H2,1-2H3,(H,21,26)(H,22,25)(H,24,27)/b23-12-. The van der Waals surface area contributed by atoms with Gasteiger partial charge < -0.3 is 15.4 Å². The topological polar surface area (TPSA) is 109 Å². The van der Waals surface area contributed by atoms with Crippen LogP contribution in [0.5, 0.6) is 5.75 Å². The number of halogens is 1. The fourth-order valence-corrected chi connectivity index (χ4v) is 2.50. The zero-order chi connectivity index (χ0) is 20.5. The number of hydrazone groups is 1. The average molecular weight is 447 g/mol. The van der Waals surface area contributed by atoms with E-state index in [1.807, 2.05) is 6.07 Å². The summed E-state index contributed by atoms with van der Waals surface area (Å²) in [6.07, 6.45) is -0.0425. The first-order chi connectivity index (χ1) is 13.4. The summed E-state index contributed by atoms with van der Waals surface area (Å²) in [4.78, 5) is 35.8. The highest BCUT2D eigenvalue weighted by atomic mass is 79.9. The van der Waals surface area contributed by atoms with E-state index in [1.165, 1.54) is 7.11 Å². The number of para-hydroxylation sites is 1. The van der Waals surface area contributed by atoms with Crippen molar-refractivity contribution in [2.24, 2.45) is 5.10 Å². The molecule has 2 aromatic rings. The molecular weight excluding hydrogens is 428 g/mol. The van der Waals surface area contributed by atoms with Gasteiger partial charge >= 0.3 is 11.8 Å². The third kappa shape index (κ3) is 6.51. The molecule has 3 N–H and O–H groups in total. The van der Waals surface area contributed by atoms with Crippen molar-refractivity contribution in [3.05, 3.63) is 53.0 Å². The van der Waals surface area contributed by atoms with Crippen LogP contribution in [-0.4, -0.2) is 30.5 Å². The number of ether oxygens (including phenoxy) is 1. The van der Waals surface area contributed by atoms with Crippen LogP contribution >= 0.6 is 15.9 Å². The Hall–Kier alpha value is -3.20. The first-order valence-corrected chi connectivity index (χ1v) is 9.01. The van der Waals surface area contributed by atoms with Crippen LogP contribution in [-0.2, 0) is 14.4 Å². The molecule has 0 aromatic heterocycles. The summed E-state index contributed by atoms with van der Waals surface area (Å²) in [5.41, 5.74) is 3.51. The van der Waals surface area contributed by atoms with Crippen LogP contribution in [0.1, 0.15) is 13.3 Å². The van der Waals surface area contributed by atoms with Gasteiger partial charge in [-0.1, -0.05) is 18.2 Å². The fraction of sp³-hybridized carbons (Fsp3) is 0.158. The molecule has 0 aliphatic carbocycles. The van der Waals surface area contributed by atoms with Crippen molar-refractivity contribution >= 4 is 50.7 Å². The van der Waals surface area contributed by atoms with E-state index in [1.54, 1.807) is 49.4 Å². The minimum atomic E-state index is -0.951. The Morgan fingerprint density at radius 1 is 1.04 bits per heavy atom. The third-order valence-corrected chi connectivity index (χ3v) is 4.14. The molecule has 9 heteroatoms. The van der Waals surface area contributed by atoms with Gasteiger partial charge in [0, 0.05) is 21.9 Å². The normalized spacial score (nSPS) is 10.8. The van der Waals surface area contributed by atoms with E-state index < -0.39 is 11.8 Å². The number of hydrogen-bond acceptors (Lipinski definition) is 5. The highest BCUT2D eigenvalue weighted by Gasteiger charge is 2.14. The molecule has 3 amide bonds. The number of anilines is 2. The van der Waals surface area contributed by atoms with Gasteiger partial charge in [0.05, 0.1) is 19.2 Å². The van der Waals surface area contributed by atoms with Crippen molar-refractivity contribution in [3.63, 3.8) is 0 Å².